The highest BCUT2D eigenvalue weighted by Gasteiger charge is 2.56. The Balaban J connectivity index is 2.11. The first-order valence-electron chi connectivity index (χ1n) is 4.59. The standard InChI is InChI=1S/C9H14N2O2/c1-7(12)6-11-8(13)5-9(3-4-9)10(11)2/h3-6H2,1-2H3. The molecule has 0 unspecified atom stereocenters. The molecular formula is C9H14N2O2. The first kappa shape index (κ1) is 8.69. The molecule has 1 saturated carbocycles. The Hall–Kier alpha value is -0.900. The lowest BCUT2D eigenvalue weighted by atomic mass is 10.2. The van der Waals surface area contributed by atoms with Crippen LogP contribution in [0.1, 0.15) is 26.2 Å². The number of hydrogen-bond donors (Lipinski definition) is 0. The molecule has 1 amide bonds. The number of rotatable bonds is 2. The lowest BCUT2D eigenvalue weighted by Crippen LogP contribution is -2.42. The molecule has 1 aliphatic heterocycles. The van der Waals surface area contributed by atoms with E-state index in [0.717, 1.165) is 12.8 Å². The van der Waals surface area contributed by atoms with E-state index in [1.165, 1.54) is 6.92 Å². The number of nitrogens with zero attached hydrogens (tertiary/aromatic N) is 2. The average molecular weight is 182 g/mol. The maximum Gasteiger partial charge on any atom is 0.239 e. The van der Waals surface area contributed by atoms with Gasteiger partial charge >= 0.3 is 0 Å². The van der Waals surface area contributed by atoms with E-state index in [4.69, 9.17) is 0 Å². The highest BCUT2D eigenvalue weighted by Crippen LogP contribution is 2.48. The van der Waals surface area contributed by atoms with Gasteiger partial charge < -0.3 is 0 Å². The molecule has 4 heteroatoms. The summed E-state index contributed by atoms with van der Waals surface area (Å²) in [6.45, 7) is 1.75. The van der Waals surface area contributed by atoms with Gasteiger partial charge in [0.1, 0.15) is 0 Å². The summed E-state index contributed by atoms with van der Waals surface area (Å²) in [5.74, 6) is 0.133. The number of hydrogen-bond acceptors (Lipinski definition) is 3. The van der Waals surface area contributed by atoms with Crippen molar-refractivity contribution in [2.45, 2.75) is 31.7 Å². The fourth-order valence-corrected chi connectivity index (χ4v) is 1.96. The van der Waals surface area contributed by atoms with Crippen LogP contribution in [0.15, 0.2) is 0 Å². The van der Waals surface area contributed by atoms with Crippen molar-refractivity contribution in [3.63, 3.8) is 0 Å². The molecule has 0 aromatic rings. The van der Waals surface area contributed by atoms with Gasteiger partial charge in [0.05, 0.1) is 6.54 Å². The first-order valence-corrected chi connectivity index (χ1v) is 4.59. The van der Waals surface area contributed by atoms with Crippen molar-refractivity contribution < 1.29 is 9.59 Å². The van der Waals surface area contributed by atoms with Crippen molar-refractivity contribution in [3.05, 3.63) is 0 Å². The predicted molar refractivity (Wildman–Crippen MR) is 46.7 cm³/mol. The zero-order valence-corrected chi connectivity index (χ0v) is 8.04. The normalized spacial score (nSPS) is 25.7. The monoisotopic (exact) mass is 182 g/mol. The van der Waals surface area contributed by atoms with Crippen molar-refractivity contribution in [1.29, 1.82) is 0 Å². The van der Waals surface area contributed by atoms with Crippen LogP contribution in [0, 0.1) is 0 Å². The molecule has 1 spiro atoms. The van der Waals surface area contributed by atoms with Crippen LogP contribution in [0.5, 0.6) is 0 Å². The molecule has 0 aromatic carbocycles. The van der Waals surface area contributed by atoms with Crippen molar-refractivity contribution in [3.8, 4) is 0 Å². The van der Waals surface area contributed by atoms with Crippen molar-refractivity contribution in [2.24, 2.45) is 0 Å². The van der Waals surface area contributed by atoms with E-state index < -0.39 is 0 Å². The molecular weight excluding hydrogens is 168 g/mol. The van der Waals surface area contributed by atoms with Crippen LogP contribution in [0.4, 0.5) is 0 Å². The highest BCUT2D eigenvalue weighted by molar-refractivity contribution is 5.86. The zero-order valence-electron chi connectivity index (χ0n) is 8.04. The highest BCUT2D eigenvalue weighted by atomic mass is 16.2. The second-order valence-electron chi connectivity index (χ2n) is 4.08. The van der Waals surface area contributed by atoms with Gasteiger partial charge in [-0.3, -0.25) is 14.6 Å². The van der Waals surface area contributed by atoms with Gasteiger partial charge in [-0.1, -0.05) is 0 Å². The lowest BCUT2D eigenvalue weighted by molar-refractivity contribution is -0.142. The van der Waals surface area contributed by atoms with Gasteiger partial charge in [0.15, 0.2) is 5.78 Å². The largest absolute Gasteiger partial charge is 0.298 e. The van der Waals surface area contributed by atoms with Gasteiger partial charge in [-0.25, -0.2) is 5.01 Å². The Kier molecular flexibility index (Phi) is 1.70. The third-order valence-electron chi connectivity index (χ3n) is 3.02. The minimum Gasteiger partial charge on any atom is -0.298 e. The second-order valence-corrected chi connectivity index (χ2v) is 4.08. The Labute approximate surface area is 77.5 Å². The van der Waals surface area contributed by atoms with Crippen LogP contribution in [0.3, 0.4) is 0 Å². The minimum atomic E-state index is 0.0397. The molecule has 72 valence electrons. The molecule has 0 radical (unpaired) electrons. The van der Waals surface area contributed by atoms with E-state index in [1.54, 1.807) is 5.01 Å². The van der Waals surface area contributed by atoms with Gasteiger partial charge in [-0.2, -0.15) is 0 Å². The Bertz CT molecular complexity index is 271. The summed E-state index contributed by atoms with van der Waals surface area (Å²) < 4.78 is 0. The summed E-state index contributed by atoms with van der Waals surface area (Å²) in [7, 11) is 1.90. The quantitative estimate of drug-likeness (QED) is 0.612. The van der Waals surface area contributed by atoms with Gasteiger partial charge in [-0.05, 0) is 19.8 Å². The Morgan fingerprint density at radius 2 is 2.15 bits per heavy atom. The van der Waals surface area contributed by atoms with Crippen LogP contribution >= 0.6 is 0 Å². The molecule has 0 N–H and O–H groups in total. The van der Waals surface area contributed by atoms with Crippen LogP contribution < -0.4 is 0 Å². The molecule has 2 fully saturated rings. The molecule has 2 aliphatic rings. The van der Waals surface area contributed by atoms with Gasteiger partial charge in [0.2, 0.25) is 5.91 Å². The fourth-order valence-electron chi connectivity index (χ4n) is 1.96. The van der Waals surface area contributed by atoms with Gasteiger partial charge in [0.25, 0.3) is 0 Å². The van der Waals surface area contributed by atoms with Crippen LogP contribution in [-0.2, 0) is 9.59 Å². The van der Waals surface area contributed by atoms with Crippen LogP contribution in [0.2, 0.25) is 0 Å². The SMILES string of the molecule is CC(=O)CN1C(=O)CC2(CC2)N1C. The smallest absolute Gasteiger partial charge is 0.239 e. The van der Waals surface area contributed by atoms with E-state index in [-0.39, 0.29) is 23.8 Å². The van der Waals surface area contributed by atoms with E-state index in [2.05, 4.69) is 0 Å². The molecule has 1 aliphatic carbocycles. The summed E-state index contributed by atoms with van der Waals surface area (Å²) in [5, 5.41) is 3.53. The summed E-state index contributed by atoms with van der Waals surface area (Å²) in [4.78, 5) is 22.4. The zero-order chi connectivity index (χ0) is 9.64. The number of carbonyl (C=O) groups is 2. The number of hydrazine groups is 1. The molecule has 13 heavy (non-hydrogen) atoms. The summed E-state index contributed by atoms with van der Waals surface area (Å²) in [6.07, 6.45) is 2.77. The molecule has 1 heterocycles. The Morgan fingerprint density at radius 3 is 2.54 bits per heavy atom. The third-order valence-corrected chi connectivity index (χ3v) is 3.02. The number of carbonyl (C=O) groups excluding carboxylic acids is 2. The van der Waals surface area contributed by atoms with E-state index in [0.29, 0.717) is 6.42 Å². The van der Waals surface area contributed by atoms with E-state index in [9.17, 15) is 9.59 Å². The minimum absolute atomic E-state index is 0.0397. The average Bonchev–Trinajstić information content (AvgIpc) is 2.75. The predicted octanol–water partition coefficient (Wildman–Crippen LogP) is 0.187. The molecule has 1 saturated heterocycles. The molecule has 2 rings (SSSR count). The van der Waals surface area contributed by atoms with E-state index >= 15 is 0 Å². The summed E-state index contributed by atoms with van der Waals surface area (Å²) in [5.41, 5.74) is 0.0898. The molecule has 0 atom stereocenters. The van der Waals surface area contributed by atoms with E-state index in [1.807, 2.05) is 12.1 Å². The van der Waals surface area contributed by atoms with Crippen LogP contribution in [-0.4, -0.2) is 40.8 Å². The molecule has 0 aromatic heterocycles. The summed E-state index contributed by atoms with van der Waals surface area (Å²) in [6, 6.07) is 0. The number of Topliss-reactive ketones (excluding diaryl/α,β-unsaturated/α-hetero) is 1. The first-order chi connectivity index (χ1) is 6.05. The fraction of sp³-hybridized carbons (Fsp3) is 0.778. The maximum atomic E-state index is 11.5. The lowest BCUT2D eigenvalue weighted by Gasteiger charge is -2.27. The Morgan fingerprint density at radius 1 is 1.54 bits per heavy atom. The summed E-state index contributed by atoms with van der Waals surface area (Å²) >= 11 is 0. The molecule has 0 bridgehead atoms. The second kappa shape index (κ2) is 2.54. The van der Waals surface area contributed by atoms with Gasteiger partial charge in [0, 0.05) is 19.0 Å². The van der Waals surface area contributed by atoms with Gasteiger partial charge in [-0.15, -0.1) is 0 Å². The third kappa shape index (κ3) is 1.25. The maximum absolute atomic E-state index is 11.5. The van der Waals surface area contributed by atoms with Crippen molar-refractivity contribution in [2.75, 3.05) is 13.6 Å². The number of amides is 1. The van der Waals surface area contributed by atoms with Crippen molar-refractivity contribution >= 4 is 11.7 Å². The van der Waals surface area contributed by atoms with Crippen LogP contribution in [0.25, 0.3) is 0 Å². The topological polar surface area (TPSA) is 40.6 Å². The number of ketones is 1. The molecule has 4 nitrogen and oxygen atoms in total. The van der Waals surface area contributed by atoms with Crippen molar-refractivity contribution in [1.82, 2.24) is 10.0 Å².